The number of nitrogens with one attached hydrogen (secondary N) is 2. The smallest absolute Gasteiger partial charge is 0.269 e. The van der Waals surface area contributed by atoms with E-state index in [9.17, 15) is 10.1 Å². The summed E-state index contributed by atoms with van der Waals surface area (Å²) in [6.07, 6.45) is 3.59. The van der Waals surface area contributed by atoms with Gasteiger partial charge in [-0.05, 0) is 24.8 Å². The topological polar surface area (TPSA) is 98.0 Å². The molecule has 1 aromatic carbocycles. The van der Waals surface area contributed by atoms with Crippen molar-refractivity contribution in [3.63, 3.8) is 0 Å². The number of hydrogen-bond donors (Lipinski definition) is 2. The minimum atomic E-state index is -0.406. The first-order valence-electron chi connectivity index (χ1n) is 8.55. The molecule has 9 heteroatoms. The van der Waals surface area contributed by atoms with Crippen LogP contribution in [0.4, 0.5) is 5.69 Å². The molecule has 0 spiro atoms. The Morgan fingerprint density at radius 3 is 2.73 bits per heavy atom. The number of non-ortho nitro benzene ring substituents is 1. The molecule has 1 aliphatic heterocycles. The van der Waals surface area contributed by atoms with Crippen LogP contribution in [0.15, 0.2) is 29.3 Å². The zero-order valence-corrected chi connectivity index (χ0v) is 17.3. The molecule has 0 bridgehead atoms. The molecule has 1 heterocycles. The summed E-state index contributed by atoms with van der Waals surface area (Å²) < 4.78 is 10.8. The van der Waals surface area contributed by atoms with Gasteiger partial charge in [0, 0.05) is 38.9 Å². The van der Waals surface area contributed by atoms with Gasteiger partial charge in [-0.3, -0.25) is 10.1 Å². The van der Waals surface area contributed by atoms with Crippen LogP contribution in [0.2, 0.25) is 0 Å². The van der Waals surface area contributed by atoms with Gasteiger partial charge in [0.15, 0.2) is 5.96 Å². The van der Waals surface area contributed by atoms with Crippen LogP contribution in [0.5, 0.6) is 0 Å². The normalized spacial score (nSPS) is 17.3. The van der Waals surface area contributed by atoms with E-state index in [4.69, 9.17) is 9.47 Å². The monoisotopic (exact) mass is 478 g/mol. The van der Waals surface area contributed by atoms with E-state index < -0.39 is 4.92 Å². The van der Waals surface area contributed by atoms with E-state index in [1.807, 2.05) is 0 Å². The van der Waals surface area contributed by atoms with Crippen molar-refractivity contribution in [2.24, 2.45) is 4.99 Å². The molecule has 1 fully saturated rings. The standard InChI is InChI=1S/C17H26N4O4.HI/c1-24-11-9-18-17(20-13-16-4-2-3-10-25-16)19-12-14-5-7-15(8-6-14)21(22)23;/h5-8,16H,2-4,9-13H2,1H3,(H2,18,19,20);1H. The molecule has 0 amide bonds. The maximum atomic E-state index is 10.7. The van der Waals surface area contributed by atoms with E-state index in [0.717, 1.165) is 25.0 Å². The average Bonchev–Trinajstić information content (AvgIpc) is 2.65. The van der Waals surface area contributed by atoms with Gasteiger partial charge >= 0.3 is 0 Å². The van der Waals surface area contributed by atoms with E-state index >= 15 is 0 Å². The summed E-state index contributed by atoms with van der Waals surface area (Å²) in [5, 5.41) is 17.2. The predicted molar refractivity (Wildman–Crippen MR) is 111 cm³/mol. The lowest BCUT2D eigenvalue weighted by molar-refractivity contribution is -0.384. The van der Waals surface area contributed by atoms with Crippen molar-refractivity contribution >= 4 is 35.6 Å². The number of hydrogen-bond acceptors (Lipinski definition) is 5. The van der Waals surface area contributed by atoms with Crippen LogP contribution in [0, 0.1) is 10.1 Å². The Balaban J connectivity index is 0.00000338. The fourth-order valence-electron chi connectivity index (χ4n) is 2.52. The lowest BCUT2D eigenvalue weighted by atomic mass is 10.1. The molecule has 1 atom stereocenters. The number of halogens is 1. The molecular formula is C17H27IN4O4. The fraction of sp³-hybridized carbons (Fsp3) is 0.588. The first-order valence-corrected chi connectivity index (χ1v) is 8.55. The molecule has 2 rings (SSSR count). The highest BCUT2D eigenvalue weighted by atomic mass is 127. The summed E-state index contributed by atoms with van der Waals surface area (Å²) >= 11 is 0. The molecule has 2 N–H and O–H groups in total. The number of aliphatic imine (C=N–C) groups is 1. The highest BCUT2D eigenvalue weighted by molar-refractivity contribution is 14.0. The van der Waals surface area contributed by atoms with Crippen molar-refractivity contribution in [1.29, 1.82) is 0 Å². The SMILES string of the molecule is COCCNC(=NCc1ccc([N+](=O)[O-])cc1)NCC1CCCCO1.I. The zero-order chi connectivity index (χ0) is 17.9. The molecule has 0 aliphatic carbocycles. The number of nitro benzene ring substituents is 1. The average molecular weight is 478 g/mol. The second-order valence-electron chi connectivity index (χ2n) is 5.88. The lowest BCUT2D eigenvalue weighted by Crippen LogP contribution is -2.43. The molecular weight excluding hydrogens is 451 g/mol. The quantitative estimate of drug-likeness (QED) is 0.149. The summed E-state index contributed by atoms with van der Waals surface area (Å²) in [7, 11) is 1.65. The van der Waals surface area contributed by atoms with E-state index in [0.29, 0.717) is 32.2 Å². The van der Waals surface area contributed by atoms with Crippen LogP contribution in [0.1, 0.15) is 24.8 Å². The summed E-state index contributed by atoms with van der Waals surface area (Å²) in [4.78, 5) is 14.8. The highest BCUT2D eigenvalue weighted by Crippen LogP contribution is 2.13. The second-order valence-corrected chi connectivity index (χ2v) is 5.88. The minimum Gasteiger partial charge on any atom is -0.383 e. The van der Waals surface area contributed by atoms with Crippen LogP contribution in [0.3, 0.4) is 0 Å². The Morgan fingerprint density at radius 1 is 1.35 bits per heavy atom. The number of nitrogens with zero attached hydrogens (tertiary/aromatic N) is 2. The van der Waals surface area contributed by atoms with Gasteiger partial charge in [0.25, 0.3) is 5.69 Å². The molecule has 0 aromatic heterocycles. The number of guanidine groups is 1. The Labute approximate surface area is 170 Å². The zero-order valence-electron chi connectivity index (χ0n) is 15.0. The highest BCUT2D eigenvalue weighted by Gasteiger charge is 2.14. The third kappa shape index (κ3) is 8.28. The number of methoxy groups -OCH3 is 1. The van der Waals surface area contributed by atoms with E-state index in [1.165, 1.54) is 18.6 Å². The van der Waals surface area contributed by atoms with Crippen molar-refractivity contribution in [2.45, 2.75) is 31.9 Å². The Kier molecular flexibility index (Phi) is 11.1. The second kappa shape index (κ2) is 12.8. The van der Waals surface area contributed by atoms with Gasteiger partial charge in [-0.2, -0.15) is 0 Å². The molecule has 1 saturated heterocycles. The largest absolute Gasteiger partial charge is 0.383 e. The van der Waals surface area contributed by atoms with Gasteiger partial charge in [0.2, 0.25) is 0 Å². The molecule has 0 radical (unpaired) electrons. The van der Waals surface area contributed by atoms with Crippen LogP contribution in [-0.4, -0.2) is 50.4 Å². The van der Waals surface area contributed by atoms with E-state index in [2.05, 4.69) is 15.6 Å². The molecule has 26 heavy (non-hydrogen) atoms. The third-order valence-corrected chi connectivity index (χ3v) is 3.94. The van der Waals surface area contributed by atoms with Gasteiger partial charge in [-0.25, -0.2) is 4.99 Å². The molecule has 8 nitrogen and oxygen atoms in total. The van der Waals surface area contributed by atoms with Crippen molar-refractivity contribution in [1.82, 2.24) is 10.6 Å². The molecule has 0 saturated carbocycles. The summed E-state index contributed by atoms with van der Waals surface area (Å²) in [6.45, 7) is 3.19. The van der Waals surface area contributed by atoms with Crippen LogP contribution in [-0.2, 0) is 16.0 Å². The number of nitro groups is 1. The van der Waals surface area contributed by atoms with E-state index in [-0.39, 0.29) is 35.8 Å². The van der Waals surface area contributed by atoms with Crippen molar-refractivity contribution in [2.75, 3.05) is 33.4 Å². The third-order valence-electron chi connectivity index (χ3n) is 3.94. The summed E-state index contributed by atoms with van der Waals surface area (Å²) in [5.41, 5.74) is 0.992. The van der Waals surface area contributed by atoms with Crippen LogP contribution in [0.25, 0.3) is 0 Å². The molecule has 1 aliphatic rings. The van der Waals surface area contributed by atoms with Gasteiger partial charge in [0.1, 0.15) is 0 Å². The van der Waals surface area contributed by atoms with Crippen molar-refractivity contribution in [3.05, 3.63) is 39.9 Å². The first kappa shape index (κ1) is 22.6. The van der Waals surface area contributed by atoms with Gasteiger partial charge in [0.05, 0.1) is 24.2 Å². The Morgan fingerprint density at radius 2 is 2.12 bits per heavy atom. The van der Waals surface area contributed by atoms with Crippen LogP contribution < -0.4 is 10.6 Å². The minimum absolute atomic E-state index is 0. The number of ether oxygens (including phenoxy) is 2. The fourth-order valence-corrected chi connectivity index (χ4v) is 2.52. The maximum Gasteiger partial charge on any atom is 0.269 e. The lowest BCUT2D eigenvalue weighted by Gasteiger charge is -2.23. The van der Waals surface area contributed by atoms with Gasteiger partial charge in [-0.1, -0.05) is 12.1 Å². The summed E-state index contributed by atoms with van der Waals surface area (Å²) in [5.74, 6) is 0.685. The maximum absolute atomic E-state index is 10.7. The van der Waals surface area contributed by atoms with Crippen LogP contribution >= 0.6 is 24.0 Å². The Bertz CT molecular complexity index is 562. The number of benzene rings is 1. The molecule has 1 aromatic rings. The van der Waals surface area contributed by atoms with E-state index in [1.54, 1.807) is 19.2 Å². The molecule has 146 valence electrons. The van der Waals surface area contributed by atoms with Crippen molar-refractivity contribution < 1.29 is 14.4 Å². The first-order chi connectivity index (χ1) is 12.2. The van der Waals surface area contributed by atoms with Gasteiger partial charge in [-0.15, -0.1) is 24.0 Å². The summed E-state index contributed by atoms with van der Waals surface area (Å²) in [6, 6.07) is 6.43. The van der Waals surface area contributed by atoms with Crippen molar-refractivity contribution in [3.8, 4) is 0 Å². The van der Waals surface area contributed by atoms with Gasteiger partial charge < -0.3 is 20.1 Å². The molecule has 1 unspecified atom stereocenters. The predicted octanol–water partition coefficient (Wildman–Crippen LogP) is 2.46. The Hall–Kier alpha value is -1.46. The number of rotatable bonds is 8.